The van der Waals surface area contributed by atoms with E-state index in [4.69, 9.17) is 21.4 Å². The Hall–Kier alpha value is -2.74. The Kier molecular flexibility index (Phi) is 3.76. The standard InChI is InChI=1S/C11H6ClN3O5/c12-7-5-6(1-3-9(7)15(18)19)20-10-4-2-8(11(16)17)13-14-10/h1-5H,(H,16,17). The SMILES string of the molecule is O=C(O)c1ccc(Oc2ccc([N+](=O)[O-])c(Cl)c2)nn1. The molecule has 0 atom stereocenters. The van der Waals surface area contributed by atoms with Crippen molar-refractivity contribution in [1.82, 2.24) is 10.2 Å². The quantitative estimate of drug-likeness (QED) is 0.680. The molecular formula is C11H6ClN3O5. The minimum absolute atomic E-state index is 0.0416. The van der Waals surface area contributed by atoms with Crippen LogP contribution in [0.15, 0.2) is 30.3 Å². The summed E-state index contributed by atoms with van der Waals surface area (Å²) in [5.74, 6) is -0.944. The van der Waals surface area contributed by atoms with E-state index in [1.165, 1.54) is 30.3 Å². The van der Waals surface area contributed by atoms with E-state index in [0.29, 0.717) is 0 Å². The summed E-state index contributed by atoms with van der Waals surface area (Å²) in [6.07, 6.45) is 0. The fourth-order valence-corrected chi connectivity index (χ4v) is 1.55. The molecule has 1 aromatic heterocycles. The van der Waals surface area contributed by atoms with Gasteiger partial charge in [-0.25, -0.2) is 4.79 Å². The molecule has 0 saturated heterocycles. The zero-order valence-electron chi connectivity index (χ0n) is 9.69. The number of aromatic nitrogens is 2. The molecule has 0 bridgehead atoms. The van der Waals surface area contributed by atoms with Crippen molar-refractivity contribution in [3.63, 3.8) is 0 Å². The van der Waals surface area contributed by atoms with Gasteiger partial charge < -0.3 is 9.84 Å². The van der Waals surface area contributed by atoms with E-state index in [1.807, 2.05) is 0 Å². The molecule has 0 saturated carbocycles. The van der Waals surface area contributed by atoms with Crippen molar-refractivity contribution in [2.45, 2.75) is 0 Å². The Bertz CT molecular complexity index is 674. The predicted molar refractivity (Wildman–Crippen MR) is 67.2 cm³/mol. The van der Waals surface area contributed by atoms with E-state index >= 15 is 0 Å². The van der Waals surface area contributed by atoms with E-state index in [2.05, 4.69) is 10.2 Å². The first-order chi connectivity index (χ1) is 9.47. The molecule has 9 heteroatoms. The lowest BCUT2D eigenvalue weighted by Gasteiger charge is -2.04. The van der Waals surface area contributed by atoms with Gasteiger partial charge in [-0.1, -0.05) is 11.6 Å². The molecule has 0 fully saturated rings. The fraction of sp³-hybridized carbons (Fsp3) is 0. The van der Waals surface area contributed by atoms with Gasteiger partial charge in [0.05, 0.1) is 4.92 Å². The van der Waals surface area contributed by atoms with Crippen LogP contribution in [0.25, 0.3) is 0 Å². The zero-order valence-corrected chi connectivity index (χ0v) is 10.4. The molecular weight excluding hydrogens is 290 g/mol. The van der Waals surface area contributed by atoms with E-state index in [9.17, 15) is 14.9 Å². The summed E-state index contributed by atoms with van der Waals surface area (Å²) in [4.78, 5) is 20.6. The first-order valence-corrected chi connectivity index (χ1v) is 5.54. The average molecular weight is 296 g/mol. The van der Waals surface area contributed by atoms with E-state index in [-0.39, 0.29) is 28.0 Å². The number of hydrogen-bond donors (Lipinski definition) is 1. The van der Waals surface area contributed by atoms with Crippen LogP contribution in [0.5, 0.6) is 11.6 Å². The first kappa shape index (κ1) is 13.7. The second-order valence-electron chi connectivity index (χ2n) is 3.53. The van der Waals surface area contributed by atoms with Crippen LogP contribution in [0.1, 0.15) is 10.5 Å². The minimum Gasteiger partial charge on any atom is -0.476 e. The number of carboxylic acid groups (broad SMARTS) is 1. The number of aromatic carboxylic acids is 1. The summed E-state index contributed by atoms with van der Waals surface area (Å²) < 4.78 is 5.26. The number of carbonyl (C=O) groups is 1. The molecule has 1 heterocycles. The van der Waals surface area contributed by atoms with Crippen molar-refractivity contribution in [3.05, 3.63) is 51.2 Å². The number of carboxylic acids is 1. The summed E-state index contributed by atoms with van der Waals surface area (Å²) in [6.45, 7) is 0. The third kappa shape index (κ3) is 2.98. The maximum Gasteiger partial charge on any atom is 0.356 e. The van der Waals surface area contributed by atoms with E-state index < -0.39 is 10.9 Å². The Morgan fingerprint density at radius 2 is 2.05 bits per heavy atom. The highest BCUT2D eigenvalue weighted by atomic mass is 35.5. The summed E-state index contributed by atoms with van der Waals surface area (Å²) in [6, 6.07) is 6.32. The third-order valence-electron chi connectivity index (χ3n) is 2.20. The number of nitrogens with zero attached hydrogens (tertiary/aromatic N) is 3. The monoisotopic (exact) mass is 295 g/mol. The molecule has 2 aromatic rings. The van der Waals surface area contributed by atoms with Gasteiger partial charge in [-0.3, -0.25) is 10.1 Å². The van der Waals surface area contributed by atoms with Crippen molar-refractivity contribution in [2.24, 2.45) is 0 Å². The Morgan fingerprint density at radius 3 is 2.55 bits per heavy atom. The summed E-state index contributed by atoms with van der Waals surface area (Å²) >= 11 is 5.72. The summed E-state index contributed by atoms with van der Waals surface area (Å²) in [5, 5.41) is 26.2. The van der Waals surface area contributed by atoms with Gasteiger partial charge in [0.15, 0.2) is 5.69 Å². The number of nitro benzene ring substituents is 1. The zero-order chi connectivity index (χ0) is 14.7. The molecule has 20 heavy (non-hydrogen) atoms. The average Bonchev–Trinajstić information content (AvgIpc) is 2.39. The molecule has 0 radical (unpaired) electrons. The predicted octanol–water partition coefficient (Wildman–Crippen LogP) is 2.53. The van der Waals surface area contributed by atoms with Crippen LogP contribution in [0, 0.1) is 10.1 Å². The number of hydrogen-bond acceptors (Lipinski definition) is 6. The van der Waals surface area contributed by atoms with Crippen molar-refractivity contribution in [3.8, 4) is 11.6 Å². The number of benzene rings is 1. The van der Waals surface area contributed by atoms with Crippen LogP contribution >= 0.6 is 11.6 Å². The lowest BCUT2D eigenvalue weighted by Crippen LogP contribution is -2.02. The maximum atomic E-state index is 10.6. The minimum atomic E-state index is -1.21. The Labute approximate surface area is 116 Å². The van der Waals surface area contributed by atoms with Crippen molar-refractivity contribution >= 4 is 23.3 Å². The molecule has 0 aliphatic heterocycles. The highest BCUT2D eigenvalue weighted by Crippen LogP contribution is 2.30. The van der Waals surface area contributed by atoms with E-state index in [1.54, 1.807) is 0 Å². The smallest absolute Gasteiger partial charge is 0.356 e. The van der Waals surface area contributed by atoms with Crippen molar-refractivity contribution < 1.29 is 19.6 Å². The summed E-state index contributed by atoms with van der Waals surface area (Å²) in [7, 11) is 0. The van der Waals surface area contributed by atoms with Crippen LogP contribution in [0.2, 0.25) is 5.02 Å². The van der Waals surface area contributed by atoms with Crippen LogP contribution in [-0.2, 0) is 0 Å². The third-order valence-corrected chi connectivity index (χ3v) is 2.50. The Morgan fingerprint density at radius 1 is 1.30 bits per heavy atom. The molecule has 0 unspecified atom stereocenters. The molecule has 2 rings (SSSR count). The van der Waals surface area contributed by atoms with Crippen LogP contribution in [0.3, 0.4) is 0 Å². The molecule has 1 N–H and O–H groups in total. The van der Waals surface area contributed by atoms with Gasteiger partial charge in [0.2, 0.25) is 5.88 Å². The Balaban J connectivity index is 2.19. The molecule has 0 amide bonds. The normalized spacial score (nSPS) is 10.1. The molecule has 0 aliphatic rings. The van der Waals surface area contributed by atoms with Gasteiger partial charge >= 0.3 is 5.97 Å². The highest BCUT2D eigenvalue weighted by molar-refractivity contribution is 6.32. The van der Waals surface area contributed by atoms with Gasteiger partial charge in [0.1, 0.15) is 10.8 Å². The second-order valence-corrected chi connectivity index (χ2v) is 3.94. The van der Waals surface area contributed by atoms with Gasteiger partial charge in [-0.05, 0) is 12.1 Å². The second kappa shape index (κ2) is 5.49. The molecule has 0 aliphatic carbocycles. The number of rotatable bonds is 4. The molecule has 102 valence electrons. The number of ether oxygens (including phenoxy) is 1. The topological polar surface area (TPSA) is 115 Å². The van der Waals surface area contributed by atoms with Gasteiger partial charge in [-0.15, -0.1) is 10.2 Å². The molecule has 1 aromatic carbocycles. The lowest BCUT2D eigenvalue weighted by atomic mass is 10.3. The lowest BCUT2D eigenvalue weighted by molar-refractivity contribution is -0.384. The van der Waals surface area contributed by atoms with Crippen LogP contribution in [-0.4, -0.2) is 26.2 Å². The van der Waals surface area contributed by atoms with Crippen LogP contribution < -0.4 is 4.74 Å². The van der Waals surface area contributed by atoms with Crippen molar-refractivity contribution in [1.29, 1.82) is 0 Å². The highest BCUT2D eigenvalue weighted by Gasteiger charge is 2.13. The van der Waals surface area contributed by atoms with Crippen LogP contribution in [0.4, 0.5) is 5.69 Å². The molecule has 8 nitrogen and oxygen atoms in total. The fourth-order valence-electron chi connectivity index (χ4n) is 1.31. The summed E-state index contributed by atoms with van der Waals surface area (Å²) in [5.41, 5.74) is -0.467. The maximum absolute atomic E-state index is 10.6. The number of halogens is 1. The van der Waals surface area contributed by atoms with Gasteiger partial charge in [-0.2, -0.15) is 0 Å². The largest absolute Gasteiger partial charge is 0.476 e. The first-order valence-electron chi connectivity index (χ1n) is 5.16. The van der Waals surface area contributed by atoms with Gasteiger partial charge in [0.25, 0.3) is 5.69 Å². The van der Waals surface area contributed by atoms with Crippen molar-refractivity contribution in [2.75, 3.05) is 0 Å². The molecule has 0 spiro atoms. The number of nitro groups is 1. The van der Waals surface area contributed by atoms with Gasteiger partial charge in [0, 0.05) is 18.2 Å². The van der Waals surface area contributed by atoms with E-state index in [0.717, 1.165) is 0 Å².